The molecule has 0 aromatic carbocycles. The molecule has 0 unspecified atom stereocenters. The predicted octanol–water partition coefficient (Wildman–Crippen LogP) is 5.41. The SMILES string of the molecule is CC/C=C\C/C=C/C=C1\CC(CCO)=CC1=O.CC/C=C\C[C@H](O)C/C=C1\CC(CCO)=CC1=O. The summed E-state index contributed by atoms with van der Waals surface area (Å²) in [5, 5.41) is 27.3. The summed E-state index contributed by atoms with van der Waals surface area (Å²) in [6.07, 6.45) is 25.3. The molecule has 5 nitrogen and oxygen atoms in total. The van der Waals surface area contributed by atoms with Crippen LogP contribution in [0.4, 0.5) is 0 Å². The molecule has 2 aliphatic rings. The van der Waals surface area contributed by atoms with Crippen LogP contribution >= 0.6 is 0 Å². The molecule has 2 rings (SSSR count). The van der Waals surface area contributed by atoms with Crippen LogP contribution in [0.2, 0.25) is 0 Å². The molecule has 0 aromatic rings. The third-order valence-electron chi connectivity index (χ3n) is 5.56. The van der Waals surface area contributed by atoms with E-state index >= 15 is 0 Å². The fourth-order valence-corrected chi connectivity index (χ4v) is 3.64. The summed E-state index contributed by atoms with van der Waals surface area (Å²) < 4.78 is 0. The van der Waals surface area contributed by atoms with E-state index in [9.17, 15) is 14.7 Å². The van der Waals surface area contributed by atoms with Gasteiger partial charge in [-0.2, -0.15) is 0 Å². The Morgan fingerprint density at radius 1 is 0.800 bits per heavy atom. The van der Waals surface area contributed by atoms with E-state index in [4.69, 9.17) is 10.2 Å². The van der Waals surface area contributed by atoms with Crippen LogP contribution in [0, 0.1) is 0 Å². The molecule has 2 aliphatic carbocycles. The van der Waals surface area contributed by atoms with Gasteiger partial charge in [-0.3, -0.25) is 9.59 Å². The highest BCUT2D eigenvalue weighted by molar-refractivity contribution is 6.08. The van der Waals surface area contributed by atoms with E-state index < -0.39 is 6.10 Å². The average Bonchev–Trinajstić information content (AvgIpc) is 3.36. The van der Waals surface area contributed by atoms with Crippen molar-refractivity contribution in [3.05, 3.63) is 83.1 Å². The summed E-state index contributed by atoms with van der Waals surface area (Å²) in [5.41, 5.74) is 3.58. The van der Waals surface area contributed by atoms with Crippen molar-refractivity contribution >= 4 is 11.6 Å². The molecular weight excluding hydrogens is 440 g/mol. The largest absolute Gasteiger partial charge is 0.396 e. The second kappa shape index (κ2) is 18.7. The van der Waals surface area contributed by atoms with E-state index in [2.05, 4.69) is 26.0 Å². The van der Waals surface area contributed by atoms with E-state index in [1.807, 2.05) is 36.5 Å². The summed E-state index contributed by atoms with van der Waals surface area (Å²) in [5.74, 6) is 0.108. The zero-order valence-corrected chi connectivity index (χ0v) is 21.3. The van der Waals surface area contributed by atoms with Gasteiger partial charge in [0.15, 0.2) is 11.6 Å². The third-order valence-corrected chi connectivity index (χ3v) is 5.56. The smallest absolute Gasteiger partial charge is 0.182 e. The van der Waals surface area contributed by atoms with Crippen molar-refractivity contribution in [2.24, 2.45) is 0 Å². The maximum absolute atomic E-state index is 11.6. The van der Waals surface area contributed by atoms with Gasteiger partial charge in [0.25, 0.3) is 0 Å². The Morgan fingerprint density at radius 3 is 1.97 bits per heavy atom. The van der Waals surface area contributed by atoms with Gasteiger partial charge in [-0.1, -0.05) is 73.6 Å². The molecule has 3 N–H and O–H groups in total. The molecular formula is C30H42O5. The summed E-state index contributed by atoms with van der Waals surface area (Å²) >= 11 is 0. The van der Waals surface area contributed by atoms with Crippen LogP contribution in [0.25, 0.3) is 0 Å². The third kappa shape index (κ3) is 13.2. The first-order valence-corrected chi connectivity index (χ1v) is 12.7. The molecule has 0 heterocycles. The quantitative estimate of drug-likeness (QED) is 0.241. The Morgan fingerprint density at radius 2 is 1.37 bits per heavy atom. The Balaban J connectivity index is 0.000000351. The van der Waals surface area contributed by atoms with E-state index in [1.165, 1.54) is 0 Å². The first-order chi connectivity index (χ1) is 16.9. The second-order valence-corrected chi connectivity index (χ2v) is 8.60. The fraction of sp³-hybridized carbons (Fsp3) is 0.467. The Bertz CT molecular complexity index is 880. The number of aliphatic hydroxyl groups is 3. The monoisotopic (exact) mass is 482 g/mol. The molecule has 0 saturated heterocycles. The average molecular weight is 483 g/mol. The van der Waals surface area contributed by atoms with Crippen molar-refractivity contribution in [3.63, 3.8) is 0 Å². The van der Waals surface area contributed by atoms with Crippen LogP contribution in [-0.4, -0.2) is 46.2 Å². The van der Waals surface area contributed by atoms with Crippen molar-refractivity contribution in [2.75, 3.05) is 13.2 Å². The fourth-order valence-electron chi connectivity index (χ4n) is 3.64. The molecule has 35 heavy (non-hydrogen) atoms. The number of rotatable bonds is 13. The standard InChI is InChI=1S/C15H22O3.C15H20O2/c1-2-3-4-5-14(17)7-6-13-10-12(8-9-16)11-15(13)18;1-2-3-4-5-6-7-8-14-11-13(9-10-16)12-15(14)17/h3-4,6,11,14,16-17H,2,5,7-10H2,1H3;3-4,6-8,12,16H,2,5,9-11H2,1H3/b4-3-,13-6+;4-3-,7-6+,14-8+/t14-;/m0./s1. The van der Waals surface area contributed by atoms with E-state index in [-0.39, 0.29) is 24.8 Å². The van der Waals surface area contributed by atoms with Gasteiger partial charge < -0.3 is 15.3 Å². The lowest BCUT2D eigenvalue weighted by Crippen LogP contribution is -2.04. The molecule has 0 saturated carbocycles. The van der Waals surface area contributed by atoms with E-state index in [1.54, 1.807) is 12.2 Å². The molecule has 0 spiro atoms. The molecule has 0 aliphatic heterocycles. The van der Waals surface area contributed by atoms with Gasteiger partial charge in [-0.15, -0.1) is 0 Å². The maximum atomic E-state index is 11.6. The summed E-state index contributed by atoms with van der Waals surface area (Å²) in [4.78, 5) is 23.2. The van der Waals surface area contributed by atoms with Crippen LogP contribution in [0.1, 0.15) is 71.6 Å². The van der Waals surface area contributed by atoms with E-state index in [0.717, 1.165) is 41.6 Å². The predicted molar refractivity (Wildman–Crippen MR) is 143 cm³/mol. The molecule has 192 valence electrons. The van der Waals surface area contributed by atoms with Gasteiger partial charge in [-0.05, 0) is 75.5 Å². The van der Waals surface area contributed by atoms with Crippen molar-refractivity contribution in [1.82, 2.24) is 0 Å². The molecule has 1 atom stereocenters. The van der Waals surface area contributed by atoms with Crippen LogP contribution in [0.5, 0.6) is 0 Å². The summed E-state index contributed by atoms with van der Waals surface area (Å²) in [6.45, 7) is 4.35. The highest BCUT2D eigenvalue weighted by Gasteiger charge is 2.18. The van der Waals surface area contributed by atoms with Crippen LogP contribution < -0.4 is 0 Å². The summed E-state index contributed by atoms with van der Waals surface area (Å²) in [7, 11) is 0. The van der Waals surface area contributed by atoms with Gasteiger partial charge in [0.05, 0.1) is 6.10 Å². The van der Waals surface area contributed by atoms with Gasteiger partial charge in [0, 0.05) is 18.8 Å². The van der Waals surface area contributed by atoms with Crippen LogP contribution in [0.15, 0.2) is 83.1 Å². The van der Waals surface area contributed by atoms with Gasteiger partial charge in [0.1, 0.15) is 0 Å². The lowest BCUT2D eigenvalue weighted by molar-refractivity contribution is -0.111. The van der Waals surface area contributed by atoms with Crippen molar-refractivity contribution in [3.8, 4) is 0 Å². The summed E-state index contributed by atoms with van der Waals surface area (Å²) in [6, 6.07) is 0. The van der Waals surface area contributed by atoms with E-state index in [0.29, 0.717) is 38.5 Å². The zero-order valence-electron chi connectivity index (χ0n) is 21.3. The zero-order chi connectivity index (χ0) is 25.9. The molecule has 0 radical (unpaired) electrons. The van der Waals surface area contributed by atoms with Gasteiger partial charge in [0.2, 0.25) is 0 Å². The Hall–Kier alpha value is -2.60. The van der Waals surface area contributed by atoms with Crippen molar-refractivity contribution in [1.29, 1.82) is 0 Å². The number of hydrogen-bond donors (Lipinski definition) is 3. The topological polar surface area (TPSA) is 94.8 Å². The normalized spacial score (nSPS) is 19.3. The Kier molecular flexibility index (Phi) is 16.3. The lowest BCUT2D eigenvalue weighted by Gasteiger charge is -2.05. The number of allylic oxidation sites excluding steroid dienone is 10. The molecule has 0 fully saturated rings. The van der Waals surface area contributed by atoms with Gasteiger partial charge in [-0.25, -0.2) is 0 Å². The minimum atomic E-state index is -0.421. The number of hydrogen-bond acceptors (Lipinski definition) is 5. The molecule has 0 bridgehead atoms. The minimum Gasteiger partial charge on any atom is -0.396 e. The minimum absolute atomic E-state index is 0.0229. The Labute approximate surface area is 210 Å². The van der Waals surface area contributed by atoms with Crippen molar-refractivity contribution < 1.29 is 24.9 Å². The number of carbonyl (C=O) groups excluding carboxylic acids is 2. The first-order valence-electron chi connectivity index (χ1n) is 12.7. The molecule has 0 amide bonds. The lowest BCUT2D eigenvalue weighted by atomic mass is 10.1. The molecule has 5 heteroatoms. The maximum Gasteiger partial charge on any atom is 0.182 e. The highest BCUT2D eigenvalue weighted by atomic mass is 16.3. The van der Waals surface area contributed by atoms with Crippen LogP contribution in [-0.2, 0) is 9.59 Å². The first kappa shape index (κ1) is 30.4. The van der Waals surface area contributed by atoms with Gasteiger partial charge >= 0.3 is 0 Å². The van der Waals surface area contributed by atoms with Crippen LogP contribution in [0.3, 0.4) is 0 Å². The molecule has 0 aromatic heterocycles. The number of carbonyl (C=O) groups is 2. The number of ketones is 2. The second-order valence-electron chi connectivity index (χ2n) is 8.60. The highest BCUT2D eigenvalue weighted by Crippen LogP contribution is 2.24. The van der Waals surface area contributed by atoms with Crippen molar-refractivity contribution in [2.45, 2.75) is 77.7 Å². The number of aliphatic hydroxyl groups excluding tert-OH is 3.